The van der Waals surface area contributed by atoms with E-state index in [0.29, 0.717) is 0 Å². The van der Waals surface area contributed by atoms with Gasteiger partial charge in [0.25, 0.3) is 0 Å². The van der Waals surface area contributed by atoms with E-state index in [2.05, 4.69) is 31.4 Å². The SMILES string of the molecule is C=CC=C=CCC=C(C)C=CC. The summed E-state index contributed by atoms with van der Waals surface area (Å²) in [6.45, 7) is 7.67. The molecule has 0 radical (unpaired) electrons. The molecule has 0 aliphatic heterocycles. The lowest BCUT2D eigenvalue weighted by molar-refractivity contribution is 1.33. The summed E-state index contributed by atoms with van der Waals surface area (Å²) in [6.07, 6.45) is 12.7. The van der Waals surface area contributed by atoms with E-state index in [0.717, 1.165) is 6.42 Å². The molecule has 0 bridgehead atoms. The molecule has 0 aromatic rings. The van der Waals surface area contributed by atoms with Crippen LogP contribution in [0.15, 0.2) is 54.3 Å². The monoisotopic (exact) mass is 160 g/mol. The van der Waals surface area contributed by atoms with Crippen molar-refractivity contribution in [2.45, 2.75) is 20.3 Å². The van der Waals surface area contributed by atoms with Gasteiger partial charge >= 0.3 is 0 Å². The third-order valence-corrected chi connectivity index (χ3v) is 1.32. The first-order valence-electron chi connectivity index (χ1n) is 4.12. The molecule has 0 unspecified atom stereocenters. The van der Waals surface area contributed by atoms with Crippen LogP contribution in [-0.2, 0) is 0 Å². The van der Waals surface area contributed by atoms with E-state index in [1.165, 1.54) is 5.57 Å². The molecule has 0 amide bonds. The van der Waals surface area contributed by atoms with Gasteiger partial charge in [-0.25, -0.2) is 0 Å². The minimum absolute atomic E-state index is 0.931. The predicted molar refractivity (Wildman–Crippen MR) is 56.0 cm³/mol. The molecule has 0 spiro atoms. The van der Waals surface area contributed by atoms with Gasteiger partial charge in [0.1, 0.15) is 0 Å². The van der Waals surface area contributed by atoms with Gasteiger partial charge < -0.3 is 0 Å². The second-order valence-corrected chi connectivity index (χ2v) is 2.46. The Morgan fingerprint density at radius 3 is 2.83 bits per heavy atom. The molecule has 0 heteroatoms. The molecule has 0 saturated heterocycles. The van der Waals surface area contributed by atoms with Crippen LogP contribution in [0.25, 0.3) is 0 Å². The Morgan fingerprint density at radius 1 is 1.50 bits per heavy atom. The van der Waals surface area contributed by atoms with Crippen molar-refractivity contribution in [2.75, 3.05) is 0 Å². The van der Waals surface area contributed by atoms with Crippen LogP contribution in [0.1, 0.15) is 20.3 Å². The van der Waals surface area contributed by atoms with Gasteiger partial charge in [0.05, 0.1) is 0 Å². The summed E-state index contributed by atoms with van der Waals surface area (Å²) in [6, 6.07) is 0. The Hall–Kier alpha value is -1.26. The first-order valence-corrected chi connectivity index (χ1v) is 4.12. The molecule has 0 aliphatic rings. The van der Waals surface area contributed by atoms with Crippen LogP contribution in [0, 0.1) is 0 Å². The van der Waals surface area contributed by atoms with Gasteiger partial charge in [0.2, 0.25) is 0 Å². The average molecular weight is 160 g/mol. The first kappa shape index (κ1) is 10.7. The zero-order chi connectivity index (χ0) is 9.23. The van der Waals surface area contributed by atoms with Crippen LogP contribution in [0.3, 0.4) is 0 Å². The van der Waals surface area contributed by atoms with Crippen molar-refractivity contribution < 1.29 is 0 Å². The van der Waals surface area contributed by atoms with E-state index in [1.54, 1.807) is 12.2 Å². The van der Waals surface area contributed by atoms with Gasteiger partial charge in [-0.3, -0.25) is 0 Å². The summed E-state index contributed by atoms with van der Waals surface area (Å²) in [7, 11) is 0. The Bertz CT molecular complexity index is 233. The van der Waals surface area contributed by atoms with Crippen molar-refractivity contribution in [3.8, 4) is 0 Å². The number of allylic oxidation sites excluding steroid dienone is 6. The van der Waals surface area contributed by atoms with E-state index in [1.807, 2.05) is 19.1 Å². The molecule has 0 N–H and O–H groups in total. The van der Waals surface area contributed by atoms with E-state index in [9.17, 15) is 0 Å². The number of rotatable bonds is 4. The Kier molecular flexibility index (Phi) is 7.02. The number of hydrogen-bond donors (Lipinski definition) is 0. The van der Waals surface area contributed by atoms with Crippen LogP contribution in [0.2, 0.25) is 0 Å². The number of hydrogen-bond acceptors (Lipinski definition) is 0. The van der Waals surface area contributed by atoms with Gasteiger partial charge in [0.15, 0.2) is 0 Å². The molecule has 0 nitrogen and oxygen atoms in total. The fourth-order valence-corrected chi connectivity index (χ4v) is 0.780. The smallest absolute Gasteiger partial charge is 0.00872 e. The highest BCUT2D eigenvalue weighted by atomic mass is 13.8. The largest absolute Gasteiger partial charge is 0.125 e. The summed E-state index contributed by atoms with van der Waals surface area (Å²) in [4.78, 5) is 0. The zero-order valence-corrected chi connectivity index (χ0v) is 7.88. The van der Waals surface area contributed by atoms with Crippen LogP contribution in [0.5, 0.6) is 0 Å². The molecule has 0 aromatic carbocycles. The summed E-state index contributed by atoms with van der Waals surface area (Å²) < 4.78 is 0. The molecule has 0 aromatic heterocycles. The van der Waals surface area contributed by atoms with Gasteiger partial charge in [-0.1, -0.05) is 36.5 Å². The second-order valence-electron chi connectivity index (χ2n) is 2.46. The van der Waals surface area contributed by atoms with Crippen LogP contribution >= 0.6 is 0 Å². The minimum Gasteiger partial charge on any atom is -0.125 e. The fourth-order valence-electron chi connectivity index (χ4n) is 0.780. The lowest BCUT2D eigenvalue weighted by Crippen LogP contribution is -1.66. The summed E-state index contributed by atoms with van der Waals surface area (Å²) >= 11 is 0. The summed E-state index contributed by atoms with van der Waals surface area (Å²) in [5.41, 5.74) is 4.28. The lowest BCUT2D eigenvalue weighted by atomic mass is 10.2. The molecule has 0 heterocycles. The summed E-state index contributed by atoms with van der Waals surface area (Å²) in [5, 5.41) is 0. The maximum absolute atomic E-state index is 3.56. The van der Waals surface area contributed by atoms with Crippen molar-refractivity contribution in [1.82, 2.24) is 0 Å². The van der Waals surface area contributed by atoms with Gasteiger partial charge in [0, 0.05) is 0 Å². The quantitative estimate of drug-likeness (QED) is 0.433. The van der Waals surface area contributed by atoms with Gasteiger partial charge in [-0.2, -0.15) is 0 Å². The molecular formula is C12H16. The van der Waals surface area contributed by atoms with E-state index >= 15 is 0 Å². The second kappa shape index (κ2) is 7.84. The van der Waals surface area contributed by atoms with Crippen LogP contribution in [-0.4, -0.2) is 0 Å². The highest BCUT2D eigenvalue weighted by Crippen LogP contribution is 1.97. The van der Waals surface area contributed by atoms with Crippen molar-refractivity contribution in [3.05, 3.63) is 54.3 Å². The third kappa shape index (κ3) is 6.85. The van der Waals surface area contributed by atoms with Crippen LogP contribution < -0.4 is 0 Å². The maximum Gasteiger partial charge on any atom is -0.00872 e. The highest BCUT2D eigenvalue weighted by molar-refractivity contribution is 5.16. The lowest BCUT2D eigenvalue weighted by Gasteiger charge is -1.86. The Morgan fingerprint density at radius 2 is 2.25 bits per heavy atom. The predicted octanol–water partition coefficient (Wildman–Crippen LogP) is 3.80. The minimum atomic E-state index is 0.931. The third-order valence-electron chi connectivity index (χ3n) is 1.32. The van der Waals surface area contributed by atoms with E-state index in [4.69, 9.17) is 0 Å². The van der Waals surface area contributed by atoms with Gasteiger partial charge in [-0.15, -0.1) is 5.73 Å². The summed E-state index contributed by atoms with van der Waals surface area (Å²) in [5.74, 6) is 0. The molecule has 0 atom stereocenters. The van der Waals surface area contributed by atoms with Crippen molar-refractivity contribution in [2.24, 2.45) is 0 Å². The van der Waals surface area contributed by atoms with Crippen molar-refractivity contribution >= 4 is 0 Å². The zero-order valence-electron chi connectivity index (χ0n) is 7.88. The van der Waals surface area contributed by atoms with Crippen molar-refractivity contribution in [1.29, 1.82) is 0 Å². The molecule has 0 saturated carbocycles. The highest BCUT2D eigenvalue weighted by Gasteiger charge is 1.76. The Balaban J connectivity index is 3.89. The fraction of sp³-hybridized carbons (Fsp3) is 0.250. The van der Waals surface area contributed by atoms with Crippen LogP contribution in [0.4, 0.5) is 0 Å². The molecule has 12 heavy (non-hydrogen) atoms. The Labute approximate surface area is 75.3 Å². The van der Waals surface area contributed by atoms with Crippen molar-refractivity contribution in [3.63, 3.8) is 0 Å². The molecule has 0 aliphatic carbocycles. The molecular weight excluding hydrogens is 144 g/mol. The van der Waals surface area contributed by atoms with E-state index < -0.39 is 0 Å². The topological polar surface area (TPSA) is 0 Å². The maximum atomic E-state index is 3.56. The molecule has 0 rings (SSSR count). The molecule has 0 fully saturated rings. The normalized spacial score (nSPS) is 11.0. The molecule has 64 valence electrons. The van der Waals surface area contributed by atoms with E-state index in [-0.39, 0.29) is 0 Å². The standard InChI is InChI=1S/C12H16/c1-4-6-7-8-9-11-12(3)10-5-2/h4-6,8,10-11H,1,9H2,2-3H3. The first-order chi connectivity index (χ1) is 5.81. The van der Waals surface area contributed by atoms with Gasteiger partial charge in [-0.05, 0) is 32.4 Å². The average Bonchev–Trinajstić information content (AvgIpc) is 2.05.